The summed E-state index contributed by atoms with van der Waals surface area (Å²) >= 11 is 0. The smallest absolute Gasteiger partial charge is 0.161 e. The van der Waals surface area contributed by atoms with Gasteiger partial charge in [0.15, 0.2) is 11.5 Å². The zero-order valence-electron chi connectivity index (χ0n) is 14.3. The predicted molar refractivity (Wildman–Crippen MR) is 92.3 cm³/mol. The topological polar surface area (TPSA) is 80.3 Å². The van der Waals surface area contributed by atoms with Crippen molar-refractivity contribution in [3.8, 4) is 17.6 Å². The normalized spacial score (nSPS) is 23.2. The molecular weight excluding hydrogens is 302 g/mol. The van der Waals surface area contributed by atoms with E-state index in [-0.39, 0.29) is 6.04 Å². The first kappa shape index (κ1) is 16.3. The maximum atomic E-state index is 9.50. The zero-order valence-corrected chi connectivity index (χ0v) is 14.3. The number of benzene rings is 1. The second kappa shape index (κ2) is 6.48. The fourth-order valence-electron chi connectivity index (χ4n) is 3.80. The molecule has 3 rings (SSSR count). The van der Waals surface area contributed by atoms with Crippen LogP contribution in [0.3, 0.4) is 0 Å². The van der Waals surface area contributed by atoms with E-state index in [9.17, 15) is 5.26 Å². The molecule has 1 aliphatic carbocycles. The van der Waals surface area contributed by atoms with Gasteiger partial charge in [-0.05, 0) is 54.0 Å². The second-order valence-corrected chi connectivity index (χ2v) is 6.32. The summed E-state index contributed by atoms with van der Waals surface area (Å²) in [6, 6.07) is 8.15. The van der Waals surface area contributed by atoms with E-state index in [2.05, 4.69) is 18.3 Å². The lowest BCUT2D eigenvalue weighted by Gasteiger charge is -2.37. The van der Waals surface area contributed by atoms with Crippen LogP contribution in [0, 0.1) is 17.2 Å². The Hall–Kier alpha value is -2.61. The average molecular weight is 325 g/mol. The quantitative estimate of drug-likeness (QED) is 0.892. The van der Waals surface area contributed by atoms with E-state index in [1.54, 1.807) is 14.2 Å². The minimum absolute atomic E-state index is 0.0350. The number of nitriles is 1. The van der Waals surface area contributed by atoms with Crippen molar-refractivity contribution in [1.29, 1.82) is 5.26 Å². The Bertz CT molecular complexity index is 758. The van der Waals surface area contributed by atoms with Crippen molar-refractivity contribution < 1.29 is 9.47 Å². The van der Waals surface area contributed by atoms with E-state index >= 15 is 0 Å². The lowest BCUT2D eigenvalue weighted by molar-refractivity contribution is 0.354. The highest BCUT2D eigenvalue weighted by molar-refractivity contribution is 5.55. The molecule has 1 aliphatic heterocycles. The van der Waals surface area contributed by atoms with Gasteiger partial charge in [0.25, 0.3) is 0 Å². The number of allylic oxidation sites excluding steroid dienone is 2. The van der Waals surface area contributed by atoms with Gasteiger partial charge in [-0.1, -0.05) is 13.0 Å². The number of hydrogen-bond donors (Lipinski definition) is 2. The monoisotopic (exact) mass is 325 g/mol. The van der Waals surface area contributed by atoms with Gasteiger partial charge in [0, 0.05) is 0 Å². The van der Waals surface area contributed by atoms with E-state index in [4.69, 9.17) is 15.2 Å². The third-order valence-electron chi connectivity index (χ3n) is 4.98. The number of ether oxygens (including phenoxy) is 2. The zero-order chi connectivity index (χ0) is 17.3. The highest BCUT2D eigenvalue weighted by Crippen LogP contribution is 2.44. The summed E-state index contributed by atoms with van der Waals surface area (Å²) in [5, 5.41) is 12.8. The maximum Gasteiger partial charge on any atom is 0.161 e. The lowest BCUT2D eigenvalue weighted by Crippen LogP contribution is -2.36. The van der Waals surface area contributed by atoms with Crippen molar-refractivity contribution in [1.82, 2.24) is 5.32 Å². The molecule has 0 aromatic heterocycles. The van der Waals surface area contributed by atoms with Crippen LogP contribution in [-0.2, 0) is 0 Å². The van der Waals surface area contributed by atoms with Crippen molar-refractivity contribution >= 4 is 0 Å². The highest BCUT2D eigenvalue weighted by atomic mass is 16.5. The molecule has 2 aliphatic rings. The summed E-state index contributed by atoms with van der Waals surface area (Å²) < 4.78 is 10.8. The molecule has 0 radical (unpaired) electrons. The van der Waals surface area contributed by atoms with Gasteiger partial charge in [-0.2, -0.15) is 5.26 Å². The third kappa shape index (κ3) is 2.58. The molecule has 0 bridgehead atoms. The number of methoxy groups -OCH3 is 2. The van der Waals surface area contributed by atoms with Gasteiger partial charge in [-0.15, -0.1) is 0 Å². The average Bonchev–Trinajstić information content (AvgIpc) is 2.60. The summed E-state index contributed by atoms with van der Waals surface area (Å²) in [5.41, 5.74) is 10.2. The standard InChI is InChI=1S/C19H23N3O2/c1-11-5-4-6-13-14(10-20)19(21)22-18(17(11)13)12-7-8-15(23-2)16(9-12)24-3/h7-9,11,18,22H,4-6,21H2,1-3H3/t11-,18+/m1/s1. The summed E-state index contributed by atoms with van der Waals surface area (Å²) in [5.74, 6) is 2.26. The fourth-order valence-corrected chi connectivity index (χ4v) is 3.80. The molecule has 0 fully saturated rings. The molecule has 1 aromatic carbocycles. The van der Waals surface area contributed by atoms with Crippen LogP contribution in [0.25, 0.3) is 0 Å². The van der Waals surface area contributed by atoms with Crippen LogP contribution in [0.1, 0.15) is 37.8 Å². The predicted octanol–water partition coefficient (Wildman–Crippen LogP) is 3.16. The van der Waals surface area contributed by atoms with E-state index in [1.807, 2.05) is 18.2 Å². The van der Waals surface area contributed by atoms with Crippen molar-refractivity contribution in [3.63, 3.8) is 0 Å². The number of dihydropyridines is 1. The number of nitrogens with two attached hydrogens (primary N) is 1. The van der Waals surface area contributed by atoms with Gasteiger partial charge in [0.2, 0.25) is 0 Å². The first-order valence-electron chi connectivity index (χ1n) is 8.22. The molecule has 0 unspecified atom stereocenters. The van der Waals surface area contributed by atoms with Crippen LogP contribution in [0.2, 0.25) is 0 Å². The van der Waals surface area contributed by atoms with Crippen molar-refractivity contribution in [3.05, 3.63) is 46.3 Å². The van der Waals surface area contributed by atoms with Gasteiger partial charge in [0.1, 0.15) is 11.9 Å². The molecule has 5 heteroatoms. The molecular formula is C19H23N3O2. The molecule has 0 amide bonds. The number of hydrogen-bond acceptors (Lipinski definition) is 5. The molecule has 5 nitrogen and oxygen atoms in total. The van der Waals surface area contributed by atoms with Crippen molar-refractivity contribution in [2.24, 2.45) is 11.7 Å². The Balaban J connectivity index is 2.10. The molecule has 0 saturated heterocycles. The summed E-state index contributed by atoms with van der Waals surface area (Å²) in [7, 11) is 3.26. The van der Waals surface area contributed by atoms with Gasteiger partial charge in [-0.3, -0.25) is 0 Å². The van der Waals surface area contributed by atoms with E-state index in [0.29, 0.717) is 28.8 Å². The molecule has 1 heterocycles. The van der Waals surface area contributed by atoms with Crippen LogP contribution < -0.4 is 20.5 Å². The van der Waals surface area contributed by atoms with Crippen LogP contribution in [0.15, 0.2) is 40.7 Å². The Morgan fingerprint density at radius 2 is 2.00 bits per heavy atom. The van der Waals surface area contributed by atoms with Gasteiger partial charge in [-0.25, -0.2) is 0 Å². The molecule has 0 spiro atoms. The Morgan fingerprint density at radius 3 is 2.67 bits per heavy atom. The largest absolute Gasteiger partial charge is 0.493 e. The minimum atomic E-state index is -0.0350. The van der Waals surface area contributed by atoms with E-state index in [1.165, 1.54) is 5.57 Å². The Morgan fingerprint density at radius 1 is 1.25 bits per heavy atom. The summed E-state index contributed by atoms with van der Waals surface area (Å²) in [6.07, 6.45) is 3.13. The van der Waals surface area contributed by atoms with Gasteiger partial charge < -0.3 is 20.5 Å². The third-order valence-corrected chi connectivity index (χ3v) is 4.98. The maximum absolute atomic E-state index is 9.50. The Labute approximate surface area is 142 Å². The fraction of sp³-hybridized carbons (Fsp3) is 0.421. The molecule has 2 atom stereocenters. The van der Waals surface area contributed by atoms with Crippen molar-refractivity contribution in [2.75, 3.05) is 14.2 Å². The summed E-state index contributed by atoms with van der Waals surface area (Å²) in [6.45, 7) is 2.22. The highest BCUT2D eigenvalue weighted by Gasteiger charge is 2.34. The number of nitrogens with zero attached hydrogens (tertiary/aromatic N) is 1. The first-order valence-corrected chi connectivity index (χ1v) is 8.22. The molecule has 3 N–H and O–H groups in total. The van der Waals surface area contributed by atoms with Crippen molar-refractivity contribution in [2.45, 2.75) is 32.2 Å². The molecule has 0 saturated carbocycles. The Kier molecular flexibility index (Phi) is 4.39. The SMILES string of the molecule is COc1ccc([C@@H]2NC(N)=C(C#N)C3=C2[C@H](C)CCC3)cc1OC. The number of rotatable bonds is 3. The van der Waals surface area contributed by atoms with Crippen LogP contribution >= 0.6 is 0 Å². The van der Waals surface area contributed by atoms with Gasteiger partial charge >= 0.3 is 0 Å². The first-order chi connectivity index (χ1) is 11.6. The molecule has 1 aromatic rings. The summed E-state index contributed by atoms with van der Waals surface area (Å²) in [4.78, 5) is 0. The molecule has 126 valence electrons. The number of nitrogens with one attached hydrogen (secondary N) is 1. The van der Waals surface area contributed by atoms with E-state index in [0.717, 1.165) is 30.4 Å². The molecule has 24 heavy (non-hydrogen) atoms. The van der Waals surface area contributed by atoms with Gasteiger partial charge in [0.05, 0.1) is 25.8 Å². The van der Waals surface area contributed by atoms with Crippen LogP contribution in [-0.4, -0.2) is 14.2 Å². The van der Waals surface area contributed by atoms with E-state index < -0.39 is 0 Å². The van der Waals surface area contributed by atoms with Crippen LogP contribution in [0.5, 0.6) is 11.5 Å². The minimum Gasteiger partial charge on any atom is -0.493 e. The second-order valence-electron chi connectivity index (χ2n) is 6.32. The lowest BCUT2D eigenvalue weighted by atomic mass is 9.74. The van der Waals surface area contributed by atoms with Crippen LogP contribution in [0.4, 0.5) is 0 Å².